The van der Waals surface area contributed by atoms with Gasteiger partial charge < -0.3 is 4.74 Å². The van der Waals surface area contributed by atoms with E-state index in [4.69, 9.17) is 4.74 Å². The molecule has 0 aromatic heterocycles. The second-order valence-corrected chi connectivity index (χ2v) is 11.7. The fourth-order valence-corrected chi connectivity index (χ4v) is 6.53. The van der Waals surface area contributed by atoms with Gasteiger partial charge in [0.2, 0.25) is 6.54 Å². The number of thioether (sulfide) groups is 1. The molecule has 2 atom stereocenters. The average molecular weight is 482 g/mol. The normalized spacial score (nSPS) is 21.2. The monoisotopic (exact) mass is 481 g/mol. The van der Waals surface area contributed by atoms with Crippen molar-refractivity contribution in [1.29, 1.82) is 0 Å². The number of hydrogen-bond acceptors (Lipinski definition) is 6. The summed E-state index contributed by atoms with van der Waals surface area (Å²) in [4.78, 5) is 37.8. The Bertz CT molecular complexity index is 1150. The maximum atomic E-state index is 13.8. The highest BCUT2D eigenvalue weighted by Gasteiger charge is 2.42. The number of fused-ring (bicyclic) bond motifs is 2. The molecule has 0 N–H and O–H groups in total. The molecule has 1 aliphatic carbocycles. The van der Waals surface area contributed by atoms with Crippen LogP contribution in [0.15, 0.2) is 41.3 Å². The van der Waals surface area contributed by atoms with Gasteiger partial charge in [0.05, 0.1) is 18.6 Å². The summed E-state index contributed by atoms with van der Waals surface area (Å²) in [6, 6.07) is 10.9. The quantitative estimate of drug-likeness (QED) is 0.305. The predicted molar refractivity (Wildman–Crippen MR) is 133 cm³/mol. The number of nitrogens with zero attached hydrogens (tertiary/aromatic N) is 1. The molecule has 0 fully saturated rings. The first-order valence-corrected chi connectivity index (χ1v) is 12.6. The first kappa shape index (κ1) is 24.5. The molecule has 7 heteroatoms. The molecule has 34 heavy (non-hydrogen) atoms. The number of benzene rings is 2. The zero-order valence-corrected chi connectivity index (χ0v) is 21.2. The van der Waals surface area contributed by atoms with E-state index in [-0.39, 0.29) is 28.1 Å². The molecular formula is C27H31NO5S. The molecule has 1 heterocycles. The van der Waals surface area contributed by atoms with Gasteiger partial charge in [0.15, 0.2) is 5.78 Å². The van der Waals surface area contributed by atoms with Gasteiger partial charge in [0.1, 0.15) is 0 Å². The maximum Gasteiger partial charge on any atom is 0.337 e. The van der Waals surface area contributed by atoms with Gasteiger partial charge in [-0.3, -0.25) is 14.9 Å². The number of carbonyl (C=O) groups excluding carboxylic acids is 2. The number of ketones is 1. The first-order chi connectivity index (χ1) is 15.9. The van der Waals surface area contributed by atoms with E-state index in [0.29, 0.717) is 22.4 Å². The van der Waals surface area contributed by atoms with Crippen LogP contribution < -0.4 is 0 Å². The lowest BCUT2D eigenvalue weighted by atomic mass is 9.62. The van der Waals surface area contributed by atoms with Crippen LogP contribution in [-0.2, 0) is 15.6 Å². The summed E-state index contributed by atoms with van der Waals surface area (Å²) in [5, 5.41) is 11.6. The lowest BCUT2D eigenvalue weighted by Gasteiger charge is -2.43. The lowest BCUT2D eigenvalue weighted by Crippen LogP contribution is -2.36. The minimum atomic E-state index is -0.574. The van der Waals surface area contributed by atoms with Crippen LogP contribution >= 0.6 is 11.8 Å². The highest BCUT2D eigenvalue weighted by Crippen LogP contribution is 2.49. The molecule has 2 unspecified atom stereocenters. The number of hydrogen-bond donors (Lipinski definition) is 0. The topological polar surface area (TPSA) is 86.5 Å². The van der Waals surface area contributed by atoms with Crippen LogP contribution in [0.3, 0.4) is 0 Å². The van der Waals surface area contributed by atoms with Gasteiger partial charge in [-0.25, -0.2) is 4.79 Å². The number of methoxy groups -OCH3 is 1. The summed E-state index contributed by atoms with van der Waals surface area (Å²) < 4.78 is 4.75. The number of nitro groups is 1. The Morgan fingerprint density at radius 2 is 1.71 bits per heavy atom. The van der Waals surface area contributed by atoms with Crippen LogP contribution in [0.1, 0.15) is 83.9 Å². The molecular weight excluding hydrogens is 450 g/mol. The number of Topliss-reactive ketones (excluding diaryl/α,β-unsaturated/α-hetero) is 1. The number of rotatable bonds is 5. The molecule has 180 valence electrons. The molecule has 2 aromatic rings. The van der Waals surface area contributed by atoms with E-state index >= 15 is 0 Å². The largest absolute Gasteiger partial charge is 0.465 e. The van der Waals surface area contributed by atoms with Gasteiger partial charge >= 0.3 is 5.97 Å². The van der Waals surface area contributed by atoms with Crippen molar-refractivity contribution in [3.8, 4) is 0 Å². The van der Waals surface area contributed by atoms with Crippen LogP contribution in [0.2, 0.25) is 0 Å². The molecule has 1 aliphatic heterocycles. The molecule has 2 aliphatic rings. The van der Waals surface area contributed by atoms with E-state index in [2.05, 4.69) is 39.8 Å². The fraction of sp³-hybridized carbons (Fsp3) is 0.481. The summed E-state index contributed by atoms with van der Waals surface area (Å²) in [6.45, 7) is 8.63. The molecule has 0 saturated heterocycles. The van der Waals surface area contributed by atoms with Crippen LogP contribution in [0, 0.1) is 16.0 Å². The van der Waals surface area contributed by atoms with Gasteiger partial charge in [-0.15, -0.1) is 11.8 Å². The molecule has 0 bridgehead atoms. The fourth-order valence-electron chi connectivity index (χ4n) is 5.27. The summed E-state index contributed by atoms with van der Waals surface area (Å²) >= 11 is 1.62. The molecule has 0 amide bonds. The van der Waals surface area contributed by atoms with E-state index in [9.17, 15) is 19.7 Å². The SMILES string of the molecule is COC(=O)c1ccc(C(C[N+](=O)[O-])C2CSc3cc4c(cc3C2=O)C(C)(C)CCC4(C)C)cc1. The number of esters is 1. The van der Waals surface area contributed by atoms with Crippen molar-refractivity contribution in [3.05, 3.63) is 74.3 Å². The minimum absolute atomic E-state index is 0.0261. The van der Waals surface area contributed by atoms with Gasteiger partial charge in [-0.05, 0) is 64.6 Å². The average Bonchev–Trinajstić information content (AvgIpc) is 2.80. The summed E-state index contributed by atoms with van der Waals surface area (Å²) in [5.41, 5.74) is 4.29. The van der Waals surface area contributed by atoms with E-state index in [1.54, 1.807) is 36.0 Å². The van der Waals surface area contributed by atoms with Crippen molar-refractivity contribution in [2.24, 2.45) is 5.92 Å². The van der Waals surface area contributed by atoms with Crippen molar-refractivity contribution >= 4 is 23.5 Å². The van der Waals surface area contributed by atoms with E-state index in [0.717, 1.165) is 17.7 Å². The second-order valence-electron chi connectivity index (χ2n) is 10.7. The summed E-state index contributed by atoms with van der Waals surface area (Å²) in [6.07, 6.45) is 2.15. The van der Waals surface area contributed by atoms with Gasteiger partial charge in [-0.1, -0.05) is 39.8 Å². The third kappa shape index (κ3) is 4.38. The van der Waals surface area contributed by atoms with Crippen molar-refractivity contribution in [2.45, 2.75) is 62.2 Å². The summed E-state index contributed by atoms with van der Waals surface area (Å²) in [7, 11) is 1.31. The predicted octanol–water partition coefficient (Wildman–Crippen LogP) is 5.79. The molecule has 6 nitrogen and oxygen atoms in total. The Morgan fingerprint density at radius 1 is 1.12 bits per heavy atom. The maximum absolute atomic E-state index is 13.8. The van der Waals surface area contributed by atoms with Crippen LogP contribution in [-0.4, -0.2) is 36.1 Å². The van der Waals surface area contributed by atoms with E-state index in [1.807, 2.05) is 0 Å². The molecule has 2 aromatic carbocycles. The standard InChI is InChI=1S/C27H31NO5S/c1-26(2)10-11-27(3,4)22-13-23-18(12-21(22)26)24(29)20(15-34-23)19(14-28(31)32)16-6-8-17(9-7-16)25(30)33-5/h6-9,12-13,19-20H,10-11,14-15H2,1-5H3. The number of ether oxygens (including phenoxy) is 1. The highest BCUT2D eigenvalue weighted by molar-refractivity contribution is 7.99. The molecule has 0 radical (unpaired) electrons. The van der Waals surface area contributed by atoms with Gasteiger partial charge in [0.25, 0.3) is 0 Å². The molecule has 0 spiro atoms. The Hall–Kier alpha value is -2.67. The smallest absolute Gasteiger partial charge is 0.337 e. The van der Waals surface area contributed by atoms with Crippen LogP contribution in [0.25, 0.3) is 0 Å². The Labute approximate surface area is 204 Å². The zero-order chi connectivity index (χ0) is 24.8. The number of carbonyl (C=O) groups is 2. The third-order valence-electron chi connectivity index (χ3n) is 7.57. The van der Waals surface area contributed by atoms with Crippen molar-refractivity contribution in [1.82, 2.24) is 0 Å². The second kappa shape index (κ2) is 8.84. The first-order valence-electron chi connectivity index (χ1n) is 11.6. The van der Waals surface area contributed by atoms with Crippen LogP contribution in [0.4, 0.5) is 0 Å². The van der Waals surface area contributed by atoms with Crippen molar-refractivity contribution in [3.63, 3.8) is 0 Å². The van der Waals surface area contributed by atoms with E-state index in [1.165, 1.54) is 18.2 Å². The van der Waals surface area contributed by atoms with Gasteiger partial charge in [-0.2, -0.15) is 0 Å². The third-order valence-corrected chi connectivity index (χ3v) is 8.74. The Balaban J connectivity index is 1.73. The van der Waals surface area contributed by atoms with Crippen molar-refractivity contribution < 1.29 is 19.2 Å². The van der Waals surface area contributed by atoms with E-state index < -0.39 is 17.8 Å². The minimum Gasteiger partial charge on any atom is -0.465 e. The van der Waals surface area contributed by atoms with Gasteiger partial charge in [0, 0.05) is 27.1 Å². The molecule has 0 saturated carbocycles. The zero-order valence-electron chi connectivity index (χ0n) is 20.3. The Kier molecular flexibility index (Phi) is 6.36. The summed E-state index contributed by atoms with van der Waals surface area (Å²) in [5.74, 6) is -1.09. The Morgan fingerprint density at radius 3 is 2.26 bits per heavy atom. The highest BCUT2D eigenvalue weighted by atomic mass is 32.2. The van der Waals surface area contributed by atoms with Crippen LogP contribution in [0.5, 0.6) is 0 Å². The lowest BCUT2D eigenvalue weighted by molar-refractivity contribution is -0.484. The van der Waals surface area contributed by atoms with Crippen molar-refractivity contribution in [2.75, 3.05) is 19.4 Å². The molecule has 4 rings (SSSR count).